The van der Waals surface area contributed by atoms with Crippen LogP contribution in [0.5, 0.6) is 5.75 Å². The van der Waals surface area contributed by atoms with Crippen molar-refractivity contribution in [3.8, 4) is 5.75 Å². The van der Waals surface area contributed by atoms with Crippen molar-refractivity contribution in [1.82, 2.24) is 9.21 Å². The van der Waals surface area contributed by atoms with E-state index in [9.17, 15) is 26.4 Å². The third kappa shape index (κ3) is 4.12. The van der Waals surface area contributed by atoms with Crippen LogP contribution in [0.25, 0.3) is 0 Å². The topological polar surface area (TPSA) is 66.9 Å². The van der Waals surface area contributed by atoms with Crippen molar-refractivity contribution < 1.29 is 31.1 Å². The van der Waals surface area contributed by atoms with Gasteiger partial charge in [0, 0.05) is 32.1 Å². The van der Waals surface area contributed by atoms with Crippen LogP contribution < -0.4 is 4.74 Å². The molecule has 2 atom stereocenters. The summed E-state index contributed by atoms with van der Waals surface area (Å²) in [4.78, 5) is 13.8. The first-order valence-corrected chi connectivity index (χ1v) is 9.67. The summed E-state index contributed by atoms with van der Waals surface area (Å²) in [5.41, 5.74) is 0. The number of ether oxygens (including phenoxy) is 1. The molecule has 1 aromatic carbocycles. The van der Waals surface area contributed by atoms with Gasteiger partial charge in [-0.1, -0.05) is 6.92 Å². The van der Waals surface area contributed by atoms with E-state index in [1.54, 1.807) is 4.90 Å². The average Bonchev–Trinajstić information content (AvgIpc) is 3.30. The largest absolute Gasteiger partial charge is 0.573 e. The summed E-state index contributed by atoms with van der Waals surface area (Å²) in [5.74, 6) is 0.0367. The number of hydrogen-bond donors (Lipinski definition) is 0. The Bertz CT molecular complexity index is 772. The number of halogens is 3. The number of rotatable bonds is 4. The summed E-state index contributed by atoms with van der Waals surface area (Å²) in [6.07, 6.45) is -3.95. The highest BCUT2D eigenvalue weighted by Gasteiger charge is 2.42. The first-order valence-electron chi connectivity index (χ1n) is 8.23. The van der Waals surface area contributed by atoms with Gasteiger partial charge in [-0.15, -0.1) is 13.2 Å². The lowest BCUT2D eigenvalue weighted by Gasteiger charge is -2.34. The minimum atomic E-state index is -4.83. The summed E-state index contributed by atoms with van der Waals surface area (Å²) in [7, 11) is -3.83. The van der Waals surface area contributed by atoms with Crippen LogP contribution >= 0.6 is 0 Å². The molecule has 144 valence electrons. The van der Waals surface area contributed by atoms with Crippen molar-refractivity contribution in [2.45, 2.75) is 24.6 Å². The number of carbonyl (C=O) groups is 1. The Kier molecular flexibility index (Phi) is 4.91. The van der Waals surface area contributed by atoms with Crippen molar-refractivity contribution >= 4 is 15.9 Å². The van der Waals surface area contributed by atoms with Crippen LogP contribution in [-0.2, 0) is 14.8 Å². The quantitative estimate of drug-likeness (QED) is 0.787. The van der Waals surface area contributed by atoms with E-state index in [0.717, 1.165) is 30.7 Å². The molecule has 6 nitrogen and oxygen atoms in total. The number of amides is 1. The highest BCUT2D eigenvalue weighted by atomic mass is 32.2. The van der Waals surface area contributed by atoms with Crippen LogP contribution in [0.15, 0.2) is 29.2 Å². The average molecular weight is 392 g/mol. The SMILES string of the molecule is C[C@H]1C[C@H]1C(=O)N1CCN(S(=O)(=O)c2ccc(OC(F)(F)F)cc2)CC1. The zero-order chi connectivity index (χ0) is 19.1. The van der Waals surface area contributed by atoms with E-state index in [2.05, 4.69) is 4.74 Å². The molecule has 1 saturated heterocycles. The number of benzene rings is 1. The van der Waals surface area contributed by atoms with E-state index in [-0.39, 0.29) is 29.8 Å². The molecule has 0 radical (unpaired) electrons. The number of carbonyl (C=O) groups excluding carboxylic acids is 1. The molecule has 1 heterocycles. The molecule has 0 spiro atoms. The normalized spacial score (nSPS) is 24.4. The van der Waals surface area contributed by atoms with Crippen LogP contribution in [-0.4, -0.2) is 56.1 Å². The standard InChI is InChI=1S/C16H19F3N2O4S/c1-11-10-14(11)15(22)20-6-8-21(9-7-20)26(23,24)13-4-2-12(3-5-13)25-16(17,18)19/h2-5,11,14H,6-10H2,1H3/t11-,14+/m0/s1. The Morgan fingerprint density at radius 3 is 2.12 bits per heavy atom. The Hall–Kier alpha value is -1.81. The molecule has 1 aliphatic heterocycles. The van der Waals surface area contributed by atoms with Crippen molar-refractivity contribution in [1.29, 1.82) is 0 Å². The third-order valence-electron chi connectivity index (χ3n) is 4.67. The molecule has 3 rings (SSSR count). The zero-order valence-corrected chi connectivity index (χ0v) is 14.9. The van der Waals surface area contributed by atoms with Gasteiger partial charge in [-0.25, -0.2) is 8.42 Å². The summed E-state index contributed by atoms with van der Waals surface area (Å²) in [6, 6.07) is 4.10. The molecular formula is C16H19F3N2O4S. The van der Waals surface area contributed by atoms with Gasteiger partial charge >= 0.3 is 6.36 Å². The van der Waals surface area contributed by atoms with Crippen LogP contribution in [0.2, 0.25) is 0 Å². The van der Waals surface area contributed by atoms with Gasteiger partial charge in [-0.05, 0) is 36.6 Å². The lowest BCUT2D eigenvalue weighted by atomic mass is 10.2. The van der Waals surface area contributed by atoms with Crippen molar-refractivity contribution in [2.75, 3.05) is 26.2 Å². The van der Waals surface area contributed by atoms with E-state index in [4.69, 9.17) is 0 Å². The minimum absolute atomic E-state index is 0.0549. The zero-order valence-electron chi connectivity index (χ0n) is 14.1. The molecule has 0 N–H and O–H groups in total. The molecule has 0 aromatic heterocycles. The van der Waals surface area contributed by atoms with E-state index >= 15 is 0 Å². The van der Waals surface area contributed by atoms with Crippen molar-refractivity contribution in [3.05, 3.63) is 24.3 Å². The van der Waals surface area contributed by atoms with Crippen LogP contribution in [0, 0.1) is 11.8 Å². The highest BCUT2D eigenvalue weighted by molar-refractivity contribution is 7.89. The van der Waals surface area contributed by atoms with Gasteiger partial charge in [0.25, 0.3) is 0 Å². The van der Waals surface area contributed by atoms with Crippen LogP contribution in [0.3, 0.4) is 0 Å². The van der Waals surface area contributed by atoms with Gasteiger partial charge in [-0.3, -0.25) is 4.79 Å². The molecule has 1 aliphatic carbocycles. The summed E-state index contributed by atoms with van der Waals surface area (Å²) in [5, 5.41) is 0. The van der Waals surface area contributed by atoms with Crippen molar-refractivity contribution in [3.63, 3.8) is 0 Å². The van der Waals surface area contributed by atoms with Crippen molar-refractivity contribution in [2.24, 2.45) is 11.8 Å². The van der Waals surface area contributed by atoms with E-state index in [1.165, 1.54) is 4.31 Å². The van der Waals surface area contributed by atoms with E-state index in [0.29, 0.717) is 19.0 Å². The lowest BCUT2D eigenvalue weighted by molar-refractivity contribution is -0.274. The number of alkyl halides is 3. The fourth-order valence-electron chi connectivity index (χ4n) is 3.01. The molecule has 1 aromatic rings. The second-order valence-corrected chi connectivity index (χ2v) is 8.51. The summed E-state index contributed by atoms with van der Waals surface area (Å²) >= 11 is 0. The predicted octanol–water partition coefficient (Wildman–Crippen LogP) is 2.07. The maximum absolute atomic E-state index is 12.6. The molecule has 2 aliphatic rings. The van der Waals surface area contributed by atoms with Gasteiger partial charge in [0.05, 0.1) is 4.90 Å². The second kappa shape index (κ2) is 6.73. The number of hydrogen-bond acceptors (Lipinski definition) is 4. The molecule has 26 heavy (non-hydrogen) atoms. The Morgan fingerprint density at radius 2 is 1.65 bits per heavy atom. The van der Waals surface area contributed by atoms with Gasteiger partial charge in [0.15, 0.2) is 0 Å². The van der Waals surface area contributed by atoms with Gasteiger partial charge in [0.1, 0.15) is 5.75 Å². The second-order valence-electron chi connectivity index (χ2n) is 6.57. The molecule has 1 amide bonds. The monoisotopic (exact) mass is 392 g/mol. The fourth-order valence-corrected chi connectivity index (χ4v) is 4.43. The highest BCUT2D eigenvalue weighted by Crippen LogP contribution is 2.39. The van der Waals surface area contributed by atoms with Gasteiger partial charge in [-0.2, -0.15) is 4.31 Å². The number of piperazine rings is 1. The van der Waals surface area contributed by atoms with E-state index in [1.807, 2.05) is 6.92 Å². The first kappa shape index (κ1) is 19.0. The first-order chi connectivity index (χ1) is 12.1. The fraction of sp³-hybridized carbons (Fsp3) is 0.562. The van der Waals surface area contributed by atoms with Gasteiger partial charge in [0.2, 0.25) is 15.9 Å². The predicted molar refractivity (Wildman–Crippen MR) is 85.7 cm³/mol. The number of sulfonamides is 1. The Morgan fingerprint density at radius 1 is 1.12 bits per heavy atom. The summed E-state index contributed by atoms with van der Waals surface area (Å²) < 4.78 is 66.7. The molecule has 10 heteroatoms. The number of nitrogens with zero attached hydrogens (tertiary/aromatic N) is 2. The minimum Gasteiger partial charge on any atom is -0.406 e. The molecule has 0 unspecified atom stereocenters. The smallest absolute Gasteiger partial charge is 0.406 e. The summed E-state index contributed by atoms with van der Waals surface area (Å²) in [6.45, 7) is 2.97. The van der Waals surface area contributed by atoms with Crippen LogP contribution in [0.4, 0.5) is 13.2 Å². The van der Waals surface area contributed by atoms with Crippen LogP contribution in [0.1, 0.15) is 13.3 Å². The molecule has 2 fully saturated rings. The maximum Gasteiger partial charge on any atom is 0.573 e. The maximum atomic E-state index is 12.6. The molecule has 1 saturated carbocycles. The molecular weight excluding hydrogens is 373 g/mol. The Labute approximate surface area is 149 Å². The lowest BCUT2D eigenvalue weighted by Crippen LogP contribution is -2.51. The third-order valence-corrected chi connectivity index (χ3v) is 6.58. The Balaban J connectivity index is 1.63. The molecule has 0 bridgehead atoms. The van der Waals surface area contributed by atoms with E-state index < -0.39 is 22.1 Å². The van der Waals surface area contributed by atoms with Gasteiger partial charge < -0.3 is 9.64 Å².